The van der Waals surface area contributed by atoms with E-state index in [1.165, 1.54) is 6.92 Å². The maximum Gasteiger partial charge on any atom is 0.320 e. The Morgan fingerprint density at radius 1 is 1.53 bits per heavy atom. The van der Waals surface area contributed by atoms with Crippen LogP contribution in [-0.4, -0.2) is 27.1 Å². The third-order valence-electron chi connectivity index (χ3n) is 2.93. The zero-order chi connectivity index (χ0) is 14.0. The van der Waals surface area contributed by atoms with Gasteiger partial charge in [-0.3, -0.25) is 14.9 Å². The number of aryl methyl sites for hydroxylation is 1. The minimum Gasteiger partial charge on any atom is -0.480 e. The lowest BCUT2D eigenvalue weighted by atomic mass is 10.1. The van der Waals surface area contributed by atoms with Crippen molar-refractivity contribution in [3.8, 4) is 0 Å². The second-order valence-electron chi connectivity index (χ2n) is 4.42. The molecular weight excluding hydrogens is 246 g/mol. The van der Waals surface area contributed by atoms with Crippen LogP contribution in [0, 0.1) is 6.92 Å². The first-order chi connectivity index (χ1) is 8.99. The van der Waals surface area contributed by atoms with Crippen LogP contribution in [0.2, 0.25) is 0 Å². The van der Waals surface area contributed by atoms with Gasteiger partial charge in [0.25, 0.3) is 5.56 Å². The lowest BCUT2D eigenvalue weighted by Crippen LogP contribution is -2.34. The Labute approximate surface area is 109 Å². The van der Waals surface area contributed by atoms with E-state index in [2.05, 4.69) is 15.3 Å². The summed E-state index contributed by atoms with van der Waals surface area (Å²) in [6, 6.07) is 4.70. The van der Waals surface area contributed by atoms with Gasteiger partial charge in [-0.1, -0.05) is 12.1 Å². The molecular formula is C13H15N3O3. The van der Waals surface area contributed by atoms with Crippen molar-refractivity contribution in [3.63, 3.8) is 0 Å². The number of hydrogen-bond donors (Lipinski definition) is 3. The molecule has 0 fully saturated rings. The zero-order valence-corrected chi connectivity index (χ0v) is 10.7. The van der Waals surface area contributed by atoms with E-state index in [1.807, 2.05) is 13.0 Å². The van der Waals surface area contributed by atoms with Crippen LogP contribution in [0.1, 0.15) is 18.3 Å². The first kappa shape index (κ1) is 13.2. The van der Waals surface area contributed by atoms with Gasteiger partial charge < -0.3 is 10.1 Å². The number of H-pyrrole nitrogens is 1. The van der Waals surface area contributed by atoms with Crippen molar-refractivity contribution in [2.75, 3.05) is 0 Å². The molecule has 6 heteroatoms. The summed E-state index contributed by atoms with van der Waals surface area (Å²) in [5.41, 5.74) is 1.34. The highest BCUT2D eigenvalue weighted by molar-refractivity contribution is 5.80. The molecule has 0 aliphatic rings. The summed E-state index contributed by atoms with van der Waals surface area (Å²) >= 11 is 0. The van der Waals surface area contributed by atoms with Crippen LogP contribution in [0.25, 0.3) is 10.9 Å². The Bertz CT molecular complexity index is 678. The van der Waals surface area contributed by atoms with Crippen LogP contribution in [0.3, 0.4) is 0 Å². The largest absolute Gasteiger partial charge is 0.480 e. The average Bonchev–Trinajstić information content (AvgIpc) is 2.37. The first-order valence-corrected chi connectivity index (χ1v) is 5.93. The fourth-order valence-electron chi connectivity index (χ4n) is 1.77. The number of carboxylic acid groups (broad SMARTS) is 1. The number of aromatic nitrogens is 2. The summed E-state index contributed by atoms with van der Waals surface area (Å²) in [7, 11) is 0. The molecule has 0 spiro atoms. The number of rotatable bonds is 4. The van der Waals surface area contributed by atoms with Gasteiger partial charge in [0, 0.05) is 0 Å². The van der Waals surface area contributed by atoms with Gasteiger partial charge in [-0.2, -0.15) is 0 Å². The highest BCUT2D eigenvalue weighted by Crippen LogP contribution is 2.11. The number of aromatic amines is 1. The van der Waals surface area contributed by atoms with Crippen molar-refractivity contribution in [3.05, 3.63) is 39.9 Å². The predicted molar refractivity (Wildman–Crippen MR) is 71.0 cm³/mol. The molecule has 0 aliphatic heterocycles. The van der Waals surface area contributed by atoms with Gasteiger partial charge in [0.05, 0.1) is 17.4 Å². The number of aliphatic carboxylic acids is 1. The van der Waals surface area contributed by atoms with Crippen molar-refractivity contribution in [2.45, 2.75) is 26.4 Å². The lowest BCUT2D eigenvalue weighted by molar-refractivity contribution is -0.139. The van der Waals surface area contributed by atoms with E-state index < -0.39 is 12.0 Å². The normalized spacial score (nSPS) is 12.5. The summed E-state index contributed by atoms with van der Waals surface area (Å²) < 4.78 is 0. The van der Waals surface area contributed by atoms with E-state index in [-0.39, 0.29) is 12.1 Å². The van der Waals surface area contributed by atoms with Gasteiger partial charge in [-0.15, -0.1) is 0 Å². The molecule has 0 unspecified atom stereocenters. The third kappa shape index (κ3) is 2.79. The van der Waals surface area contributed by atoms with Crippen LogP contribution < -0.4 is 10.9 Å². The number of carboxylic acids is 1. The molecule has 2 rings (SSSR count). The molecule has 1 aromatic heterocycles. The Hall–Kier alpha value is -2.21. The standard InChI is InChI=1S/C13H15N3O3/c1-7-4-3-5-9-11(7)15-10(16-12(9)17)6-14-8(2)13(18)19/h3-5,8,14H,6H2,1-2H3,(H,18,19)(H,15,16,17)/t8-/m0/s1. The molecule has 1 aromatic carbocycles. The Kier molecular flexibility index (Phi) is 3.62. The highest BCUT2D eigenvalue weighted by atomic mass is 16.4. The monoisotopic (exact) mass is 261 g/mol. The SMILES string of the molecule is Cc1cccc2c(=O)[nH]c(CN[C@@H](C)C(=O)O)nc12. The molecule has 0 saturated heterocycles. The van der Waals surface area contributed by atoms with Gasteiger partial charge in [0.2, 0.25) is 0 Å². The lowest BCUT2D eigenvalue weighted by Gasteiger charge is -2.09. The van der Waals surface area contributed by atoms with Crippen molar-refractivity contribution in [1.29, 1.82) is 0 Å². The molecule has 0 radical (unpaired) electrons. The number of carbonyl (C=O) groups is 1. The topological polar surface area (TPSA) is 95.1 Å². The molecule has 1 atom stereocenters. The van der Waals surface area contributed by atoms with E-state index in [0.717, 1.165) is 5.56 Å². The van der Waals surface area contributed by atoms with Crippen molar-refractivity contribution < 1.29 is 9.90 Å². The van der Waals surface area contributed by atoms with Crippen molar-refractivity contribution >= 4 is 16.9 Å². The van der Waals surface area contributed by atoms with Crippen LogP contribution in [-0.2, 0) is 11.3 Å². The molecule has 0 saturated carbocycles. The summed E-state index contributed by atoms with van der Waals surface area (Å²) in [6.07, 6.45) is 0. The van der Waals surface area contributed by atoms with Gasteiger partial charge >= 0.3 is 5.97 Å². The maximum atomic E-state index is 11.9. The second kappa shape index (κ2) is 5.19. The van der Waals surface area contributed by atoms with Crippen LogP contribution in [0.5, 0.6) is 0 Å². The van der Waals surface area contributed by atoms with E-state index >= 15 is 0 Å². The number of nitrogens with one attached hydrogen (secondary N) is 2. The number of nitrogens with zero attached hydrogens (tertiary/aromatic N) is 1. The maximum absolute atomic E-state index is 11.9. The minimum absolute atomic E-state index is 0.201. The number of benzene rings is 1. The minimum atomic E-state index is -0.945. The summed E-state index contributed by atoms with van der Waals surface area (Å²) in [6.45, 7) is 3.62. The fraction of sp³-hybridized carbons (Fsp3) is 0.308. The fourth-order valence-corrected chi connectivity index (χ4v) is 1.77. The smallest absolute Gasteiger partial charge is 0.320 e. The van der Waals surface area contributed by atoms with Gasteiger partial charge in [0.15, 0.2) is 0 Å². The average molecular weight is 261 g/mol. The van der Waals surface area contributed by atoms with Crippen LogP contribution in [0.15, 0.2) is 23.0 Å². The van der Waals surface area contributed by atoms with E-state index in [0.29, 0.717) is 16.7 Å². The van der Waals surface area contributed by atoms with Crippen molar-refractivity contribution in [2.24, 2.45) is 0 Å². The Morgan fingerprint density at radius 3 is 2.95 bits per heavy atom. The van der Waals surface area contributed by atoms with Gasteiger partial charge in [-0.05, 0) is 25.5 Å². The molecule has 100 valence electrons. The van der Waals surface area contributed by atoms with E-state index in [9.17, 15) is 9.59 Å². The third-order valence-corrected chi connectivity index (χ3v) is 2.93. The van der Waals surface area contributed by atoms with Crippen molar-refractivity contribution in [1.82, 2.24) is 15.3 Å². The quantitative estimate of drug-likeness (QED) is 0.756. The number of hydrogen-bond acceptors (Lipinski definition) is 4. The molecule has 0 aliphatic carbocycles. The second-order valence-corrected chi connectivity index (χ2v) is 4.42. The van der Waals surface area contributed by atoms with Gasteiger partial charge in [-0.25, -0.2) is 4.98 Å². The summed E-state index contributed by atoms with van der Waals surface area (Å²) in [5, 5.41) is 12.1. The van der Waals surface area contributed by atoms with Crippen LogP contribution in [0.4, 0.5) is 0 Å². The van der Waals surface area contributed by atoms with E-state index in [1.54, 1.807) is 12.1 Å². The molecule has 0 bridgehead atoms. The summed E-state index contributed by atoms with van der Waals surface area (Å²) in [4.78, 5) is 29.6. The predicted octanol–water partition coefficient (Wildman–Crippen LogP) is 0.794. The molecule has 6 nitrogen and oxygen atoms in total. The highest BCUT2D eigenvalue weighted by Gasteiger charge is 2.11. The Morgan fingerprint density at radius 2 is 2.26 bits per heavy atom. The summed E-state index contributed by atoms with van der Waals surface area (Å²) in [5.74, 6) is -0.515. The molecule has 1 heterocycles. The number of para-hydroxylation sites is 1. The zero-order valence-electron chi connectivity index (χ0n) is 10.7. The molecule has 19 heavy (non-hydrogen) atoms. The first-order valence-electron chi connectivity index (χ1n) is 5.93. The molecule has 3 N–H and O–H groups in total. The van der Waals surface area contributed by atoms with E-state index in [4.69, 9.17) is 5.11 Å². The Balaban J connectivity index is 2.33. The molecule has 2 aromatic rings. The number of fused-ring (bicyclic) bond motifs is 1. The van der Waals surface area contributed by atoms with Crippen LogP contribution >= 0.6 is 0 Å². The molecule has 0 amide bonds. The van der Waals surface area contributed by atoms with Gasteiger partial charge in [0.1, 0.15) is 11.9 Å².